The first kappa shape index (κ1) is 14.5. The minimum absolute atomic E-state index is 0.195. The third kappa shape index (κ3) is 4.32. The lowest BCUT2D eigenvalue weighted by Crippen LogP contribution is -2.35. The van der Waals surface area contributed by atoms with Gasteiger partial charge in [0.25, 0.3) is 0 Å². The van der Waals surface area contributed by atoms with Crippen molar-refractivity contribution in [3.05, 3.63) is 34.9 Å². The molecule has 1 aliphatic heterocycles. The summed E-state index contributed by atoms with van der Waals surface area (Å²) < 4.78 is 0. The number of piperidine rings is 1. The van der Waals surface area contributed by atoms with Crippen LogP contribution in [0.5, 0.6) is 0 Å². The van der Waals surface area contributed by atoms with Crippen LogP contribution in [0.3, 0.4) is 0 Å². The molecule has 0 amide bonds. The summed E-state index contributed by atoms with van der Waals surface area (Å²) >= 11 is 5.91. The summed E-state index contributed by atoms with van der Waals surface area (Å²) in [7, 11) is 0. The fourth-order valence-corrected chi connectivity index (χ4v) is 2.87. The van der Waals surface area contributed by atoms with E-state index in [0.717, 1.165) is 31.1 Å². The van der Waals surface area contributed by atoms with Crippen LogP contribution in [0.25, 0.3) is 0 Å². The van der Waals surface area contributed by atoms with Crippen LogP contribution in [0.4, 0.5) is 0 Å². The van der Waals surface area contributed by atoms with E-state index in [1.807, 2.05) is 12.1 Å². The van der Waals surface area contributed by atoms with E-state index in [9.17, 15) is 4.79 Å². The van der Waals surface area contributed by atoms with Gasteiger partial charge in [-0.1, -0.05) is 37.1 Å². The largest absolute Gasteiger partial charge is 0.303 e. The second-order valence-corrected chi connectivity index (χ2v) is 5.81. The summed E-state index contributed by atoms with van der Waals surface area (Å²) in [5, 5.41) is 0.634. The maximum Gasteiger partial charge on any atom is 0.164 e. The zero-order valence-corrected chi connectivity index (χ0v) is 12.3. The van der Waals surface area contributed by atoms with E-state index in [0.29, 0.717) is 11.4 Å². The van der Waals surface area contributed by atoms with Crippen molar-refractivity contribution in [1.29, 1.82) is 0 Å². The molecule has 2 nitrogen and oxygen atoms in total. The number of hydrogen-bond donors (Lipinski definition) is 0. The Hall–Kier alpha value is -0.860. The Balaban J connectivity index is 1.78. The van der Waals surface area contributed by atoms with Gasteiger partial charge in [0, 0.05) is 23.6 Å². The van der Waals surface area contributed by atoms with Crippen LogP contribution >= 0.6 is 11.6 Å². The van der Waals surface area contributed by atoms with Crippen LogP contribution in [0.2, 0.25) is 5.02 Å². The van der Waals surface area contributed by atoms with E-state index in [1.165, 1.54) is 19.3 Å². The molecule has 1 fully saturated rings. The van der Waals surface area contributed by atoms with E-state index < -0.39 is 0 Å². The van der Waals surface area contributed by atoms with Gasteiger partial charge in [-0.05, 0) is 44.0 Å². The first-order chi connectivity index (χ1) is 9.19. The molecule has 1 heterocycles. The van der Waals surface area contributed by atoms with Crippen molar-refractivity contribution in [3.8, 4) is 0 Å². The first-order valence-electron chi connectivity index (χ1n) is 7.20. The number of benzene rings is 1. The topological polar surface area (TPSA) is 20.3 Å². The van der Waals surface area contributed by atoms with Crippen molar-refractivity contribution in [3.63, 3.8) is 0 Å². The molecular formula is C16H22ClNO. The van der Waals surface area contributed by atoms with Gasteiger partial charge in [-0.15, -0.1) is 0 Å². The number of nitrogens with zero attached hydrogens (tertiary/aromatic N) is 1. The summed E-state index contributed by atoms with van der Waals surface area (Å²) in [4.78, 5) is 14.5. The van der Waals surface area contributed by atoms with E-state index in [-0.39, 0.29) is 5.78 Å². The molecule has 104 valence electrons. The number of carbonyl (C=O) groups excluding carboxylic acids is 1. The van der Waals surface area contributed by atoms with E-state index in [2.05, 4.69) is 11.8 Å². The molecule has 1 aromatic rings. The molecule has 1 aliphatic rings. The molecule has 0 N–H and O–H groups in total. The van der Waals surface area contributed by atoms with E-state index in [4.69, 9.17) is 11.6 Å². The predicted octanol–water partition coefficient (Wildman–Crippen LogP) is 4.03. The number of hydrogen-bond acceptors (Lipinski definition) is 2. The summed E-state index contributed by atoms with van der Waals surface area (Å²) in [5.74, 6) is 1.08. The zero-order valence-electron chi connectivity index (χ0n) is 11.6. The Labute approximate surface area is 120 Å². The monoisotopic (exact) mass is 279 g/mol. The van der Waals surface area contributed by atoms with Gasteiger partial charge in [-0.2, -0.15) is 0 Å². The summed E-state index contributed by atoms with van der Waals surface area (Å²) in [6, 6.07) is 7.24. The number of halogens is 1. The minimum atomic E-state index is 0.195. The van der Waals surface area contributed by atoms with Gasteiger partial charge in [0.15, 0.2) is 5.78 Å². The van der Waals surface area contributed by atoms with Crippen LogP contribution in [-0.2, 0) is 0 Å². The Morgan fingerprint density at radius 3 is 2.74 bits per heavy atom. The SMILES string of the molecule is CCC1CCN(CCC(=O)c2cccc(Cl)c2)CC1. The average Bonchev–Trinajstić information content (AvgIpc) is 2.45. The lowest BCUT2D eigenvalue weighted by Gasteiger charge is -2.31. The Bertz CT molecular complexity index is 425. The minimum Gasteiger partial charge on any atom is -0.303 e. The molecule has 2 rings (SSSR count). The normalized spacial score (nSPS) is 17.6. The molecular weight excluding hydrogens is 258 g/mol. The van der Waals surface area contributed by atoms with Gasteiger partial charge in [0.05, 0.1) is 0 Å². The summed E-state index contributed by atoms with van der Waals surface area (Å²) in [6.45, 7) is 5.42. The van der Waals surface area contributed by atoms with Crippen LogP contribution in [0.1, 0.15) is 43.0 Å². The highest BCUT2D eigenvalue weighted by Gasteiger charge is 2.18. The van der Waals surface area contributed by atoms with Crippen LogP contribution in [-0.4, -0.2) is 30.3 Å². The Morgan fingerprint density at radius 2 is 2.11 bits per heavy atom. The highest BCUT2D eigenvalue weighted by atomic mass is 35.5. The van der Waals surface area contributed by atoms with Crippen molar-refractivity contribution in [2.75, 3.05) is 19.6 Å². The van der Waals surface area contributed by atoms with Gasteiger partial charge >= 0.3 is 0 Å². The van der Waals surface area contributed by atoms with Crippen LogP contribution in [0.15, 0.2) is 24.3 Å². The maximum absolute atomic E-state index is 12.1. The summed E-state index contributed by atoms with van der Waals surface area (Å²) in [6.07, 6.45) is 4.44. The smallest absolute Gasteiger partial charge is 0.164 e. The number of Topliss-reactive ketones (excluding diaryl/α,β-unsaturated/α-hetero) is 1. The van der Waals surface area contributed by atoms with E-state index >= 15 is 0 Å². The van der Waals surface area contributed by atoms with Gasteiger partial charge in [-0.25, -0.2) is 0 Å². The number of likely N-dealkylation sites (tertiary alicyclic amines) is 1. The lowest BCUT2D eigenvalue weighted by molar-refractivity contribution is 0.0950. The van der Waals surface area contributed by atoms with Crippen molar-refractivity contribution in [2.24, 2.45) is 5.92 Å². The molecule has 0 aromatic heterocycles. The fraction of sp³-hybridized carbons (Fsp3) is 0.562. The zero-order chi connectivity index (χ0) is 13.7. The van der Waals surface area contributed by atoms with Gasteiger partial charge in [-0.3, -0.25) is 4.79 Å². The van der Waals surface area contributed by atoms with E-state index in [1.54, 1.807) is 12.1 Å². The molecule has 0 bridgehead atoms. The highest BCUT2D eigenvalue weighted by Crippen LogP contribution is 2.20. The molecule has 0 saturated carbocycles. The second-order valence-electron chi connectivity index (χ2n) is 5.38. The molecule has 0 aliphatic carbocycles. The van der Waals surface area contributed by atoms with Crippen molar-refractivity contribution >= 4 is 17.4 Å². The molecule has 0 radical (unpaired) electrons. The molecule has 0 unspecified atom stereocenters. The van der Waals surface area contributed by atoms with Gasteiger partial charge < -0.3 is 4.90 Å². The number of rotatable bonds is 5. The number of ketones is 1. The number of carbonyl (C=O) groups is 1. The second kappa shape index (κ2) is 7.06. The highest BCUT2D eigenvalue weighted by molar-refractivity contribution is 6.31. The van der Waals surface area contributed by atoms with Crippen molar-refractivity contribution in [2.45, 2.75) is 32.6 Å². The van der Waals surface area contributed by atoms with Gasteiger partial charge in [0.2, 0.25) is 0 Å². The van der Waals surface area contributed by atoms with Gasteiger partial charge in [0.1, 0.15) is 0 Å². The Morgan fingerprint density at radius 1 is 1.37 bits per heavy atom. The van der Waals surface area contributed by atoms with Crippen LogP contribution in [0, 0.1) is 5.92 Å². The lowest BCUT2D eigenvalue weighted by atomic mass is 9.94. The molecule has 1 saturated heterocycles. The first-order valence-corrected chi connectivity index (χ1v) is 7.58. The summed E-state index contributed by atoms with van der Waals surface area (Å²) in [5.41, 5.74) is 0.732. The standard InChI is InChI=1S/C16H22ClNO/c1-2-13-6-9-18(10-7-13)11-8-16(19)14-4-3-5-15(17)12-14/h3-5,12-13H,2,6-11H2,1H3. The molecule has 0 spiro atoms. The van der Waals surface area contributed by atoms with Crippen LogP contribution < -0.4 is 0 Å². The molecule has 19 heavy (non-hydrogen) atoms. The fourth-order valence-electron chi connectivity index (χ4n) is 2.68. The maximum atomic E-state index is 12.1. The third-order valence-corrected chi connectivity index (χ3v) is 4.32. The molecule has 1 aromatic carbocycles. The predicted molar refractivity (Wildman–Crippen MR) is 79.9 cm³/mol. The van der Waals surface area contributed by atoms with Crippen molar-refractivity contribution < 1.29 is 4.79 Å². The molecule has 0 atom stereocenters. The van der Waals surface area contributed by atoms with Crippen molar-refractivity contribution in [1.82, 2.24) is 4.90 Å². The quantitative estimate of drug-likeness (QED) is 0.759. The Kier molecular flexibility index (Phi) is 5.41. The molecule has 3 heteroatoms. The average molecular weight is 280 g/mol. The third-order valence-electron chi connectivity index (χ3n) is 4.09.